The van der Waals surface area contributed by atoms with E-state index in [1.165, 1.54) is 54.7 Å². The highest BCUT2D eigenvalue weighted by atomic mass is 16.7. The molecule has 4 aromatic carbocycles. The Morgan fingerprint density at radius 2 is 1.24 bits per heavy atom. The average Bonchev–Trinajstić information content (AvgIpc) is 3.75. The Balaban J connectivity index is 1.50. The van der Waals surface area contributed by atoms with Crippen molar-refractivity contribution in [2.75, 3.05) is 12.3 Å². The van der Waals surface area contributed by atoms with Crippen molar-refractivity contribution < 1.29 is 42.9 Å². The minimum absolute atomic E-state index is 0.00416. The molecule has 0 amide bonds. The third kappa shape index (κ3) is 6.45. The van der Waals surface area contributed by atoms with Crippen molar-refractivity contribution in [2.45, 2.75) is 23.5 Å². The van der Waals surface area contributed by atoms with E-state index in [1.807, 2.05) is 6.07 Å². The predicted octanol–water partition coefficient (Wildman–Crippen LogP) is 4.70. The van der Waals surface area contributed by atoms with E-state index < -0.39 is 53.8 Å². The standard InChI is InChI=1S/C41H29N5O9/c42-21-30-22-46(36-31(30)35(43)44-25-45-36)41(23-47)34(54-39(51)29-19-11-4-12-20-29)33(53-38(50)28-17-9-3-10-18-28)40(55-41,32(48)26-13-5-1-6-14-26)24-52-37(49)27-15-7-2-8-16-27/h1-20,22-23,25,33-34H,24H2,(H2,43,44,45)/t33-,34+,40-,41+/m0/s1. The van der Waals surface area contributed by atoms with E-state index in [2.05, 4.69) is 9.97 Å². The highest BCUT2D eigenvalue weighted by Crippen LogP contribution is 2.48. The van der Waals surface area contributed by atoms with Gasteiger partial charge >= 0.3 is 17.9 Å². The minimum atomic E-state index is -2.65. The van der Waals surface area contributed by atoms with Crippen molar-refractivity contribution in [3.63, 3.8) is 0 Å². The van der Waals surface area contributed by atoms with Crippen molar-refractivity contribution in [3.05, 3.63) is 162 Å². The lowest BCUT2D eigenvalue weighted by Gasteiger charge is -2.32. The molecular weight excluding hydrogens is 706 g/mol. The second-order valence-corrected chi connectivity index (χ2v) is 12.4. The van der Waals surface area contributed by atoms with Crippen molar-refractivity contribution in [1.29, 1.82) is 5.26 Å². The van der Waals surface area contributed by atoms with Crippen LogP contribution in [0.1, 0.15) is 47.0 Å². The molecule has 2 aromatic heterocycles. The Labute approximate surface area is 312 Å². The number of aldehydes is 1. The largest absolute Gasteiger partial charge is 0.458 e. The van der Waals surface area contributed by atoms with Crippen LogP contribution >= 0.6 is 0 Å². The molecule has 0 unspecified atom stereocenters. The van der Waals surface area contributed by atoms with Crippen LogP contribution in [-0.2, 0) is 29.5 Å². The Kier molecular flexibility index (Phi) is 9.69. The lowest BCUT2D eigenvalue weighted by atomic mass is 9.86. The number of Topliss-reactive ketones (excluding diaryl/α,β-unsaturated/α-hetero) is 1. The number of carbonyl (C=O) groups is 5. The van der Waals surface area contributed by atoms with Gasteiger partial charge in [-0.05, 0) is 36.4 Å². The summed E-state index contributed by atoms with van der Waals surface area (Å²) >= 11 is 0. The summed E-state index contributed by atoms with van der Waals surface area (Å²) < 4.78 is 25.8. The molecule has 0 aliphatic carbocycles. The van der Waals surface area contributed by atoms with Gasteiger partial charge in [0.05, 0.1) is 27.6 Å². The van der Waals surface area contributed by atoms with E-state index in [0.29, 0.717) is 0 Å². The fourth-order valence-corrected chi connectivity index (χ4v) is 6.48. The number of nitrogens with zero attached hydrogens (tertiary/aromatic N) is 4. The number of ether oxygens (including phenoxy) is 4. The molecule has 4 atom stereocenters. The number of aromatic nitrogens is 3. The molecule has 14 nitrogen and oxygen atoms in total. The molecule has 1 aliphatic heterocycles. The number of hydrogen-bond acceptors (Lipinski definition) is 13. The molecule has 7 rings (SSSR count). The molecule has 1 saturated heterocycles. The van der Waals surface area contributed by atoms with Gasteiger partial charge in [-0.15, -0.1) is 0 Å². The van der Waals surface area contributed by atoms with Crippen LogP contribution in [0.2, 0.25) is 0 Å². The number of nitrogens with two attached hydrogens (primary N) is 1. The zero-order valence-corrected chi connectivity index (χ0v) is 28.7. The number of ketones is 1. The fraction of sp³-hybridized carbons (Fsp3) is 0.122. The molecule has 0 saturated carbocycles. The van der Waals surface area contributed by atoms with Crippen LogP contribution in [0.3, 0.4) is 0 Å². The first kappa shape index (κ1) is 35.9. The van der Waals surface area contributed by atoms with Gasteiger partial charge in [0.2, 0.25) is 17.1 Å². The van der Waals surface area contributed by atoms with E-state index in [-0.39, 0.29) is 51.0 Å². The van der Waals surface area contributed by atoms with Crippen LogP contribution in [0.5, 0.6) is 0 Å². The minimum Gasteiger partial charge on any atom is -0.458 e. The van der Waals surface area contributed by atoms with Crippen LogP contribution in [0.25, 0.3) is 11.0 Å². The van der Waals surface area contributed by atoms with E-state index in [9.17, 15) is 24.4 Å². The van der Waals surface area contributed by atoms with Gasteiger partial charge in [-0.25, -0.2) is 24.4 Å². The molecule has 55 heavy (non-hydrogen) atoms. The maximum absolute atomic E-state index is 15.1. The number of nitrogen functional groups attached to an aromatic ring is 1. The Bertz CT molecular complexity index is 2450. The number of carbonyl (C=O) groups excluding carboxylic acids is 5. The molecule has 6 aromatic rings. The Morgan fingerprint density at radius 1 is 0.745 bits per heavy atom. The van der Waals surface area contributed by atoms with Gasteiger partial charge in [-0.3, -0.25) is 14.2 Å². The quantitative estimate of drug-likeness (QED) is 0.0831. The van der Waals surface area contributed by atoms with Gasteiger partial charge < -0.3 is 24.7 Å². The number of anilines is 1. The van der Waals surface area contributed by atoms with E-state index >= 15 is 4.79 Å². The third-order valence-corrected chi connectivity index (χ3v) is 9.10. The van der Waals surface area contributed by atoms with Gasteiger partial charge in [-0.1, -0.05) is 84.9 Å². The van der Waals surface area contributed by atoms with E-state index in [4.69, 9.17) is 24.7 Å². The first-order chi connectivity index (χ1) is 26.7. The maximum atomic E-state index is 15.1. The van der Waals surface area contributed by atoms with Gasteiger partial charge in [-0.2, -0.15) is 5.26 Å². The summed E-state index contributed by atoms with van der Waals surface area (Å²) in [5.41, 5.74) is 0.845. The fourth-order valence-electron chi connectivity index (χ4n) is 6.48. The molecule has 2 N–H and O–H groups in total. The van der Waals surface area contributed by atoms with E-state index in [1.54, 1.807) is 72.8 Å². The molecule has 1 aliphatic rings. The lowest BCUT2D eigenvalue weighted by Crippen LogP contribution is -2.56. The topological polar surface area (TPSA) is 203 Å². The zero-order chi connectivity index (χ0) is 38.6. The number of esters is 3. The van der Waals surface area contributed by atoms with Crippen LogP contribution in [0, 0.1) is 11.3 Å². The van der Waals surface area contributed by atoms with Gasteiger partial charge in [0, 0.05) is 11.8 Å². The zero-order valence-electron chi connectivity index (χ0n) is 28.7. The summed E-state index contributed by atoms with van der Waals surface area (Å²) in [6, 6.07) is 33.0. The number of nitriles is 1. The van der Waals surface area contributed by atoms with Crippen molar-refractivity contribution in [2.24, 2.45) is 0 Å². The molecule has 272 valence electrons. The molecule has 3 heterocycles. The number of rotatable bonds is 11. The van der Waals surface area contributed by atoms with Gasteiger partial charge in [0.1, 0.15) is 30.5 Å². The summed E-state index contributed by atoms with van der Waals surface area (Å²) in [7, 11) is 0. The summed E-state index contributed by atoms with van der Waals surface area (Å²) in [6.45, 7) is -0.961. The Hall–Kier alpha value is -7.50. The van der Waals surface area contributed by atoms with Crippen LogP contribution < -0.4 is 5.73 Å². The van der Waals surface area contributed by atoms with Crippen molar-refractivity contribution >= 4 is 46.8 Å². The molecular formula is C41H29N5O9. The SMILES string of the molecule is N#Cc1cn([C@]2(C=O)O[C@@](COC(=O)c3ccccc3)(C(=O)c3ccccc3)[C@@H](OC(=O)c3ccccc3)[C@H]2OC(=O)c2ccccc2)c2ncnc(N)c12. The molecule has 1 fully saturated rings. The smallest absolute Gasteiger partial charge is 0.338 e. The van der Waals surface area contributed by atoms with Crippen LogP contribution in [0.4, 0.5) is 5.82 Å². The predicted molar refractivity (Wildman–Crippen MR) is 193 cm³/mol. The number of benzene rings is 4. The second-order valence-electron chi connectivity index (χ2n) is 12.4. The highest BCUT2D eigenvalue weighted by Gasteiger charge is 2.72. The molecule has 0 spiro atoms. The summed E-state index contributed by atoms with van der Waals surface area (Å²) in [6.07, 6.45) is -1.56. The monoisotopic (exact) mass is 735 g/mol. The molecule has 14 heteroatoms. The maximum Gasteiger partial charge on any atom is 0.338 e. The third-order valence-electron chi connectivity index (χ3n) is 9.10. The highest BCUT2D eigenvalue weighted by molar-refractivity contribution is 6.05. The van der Waals surface area contributed by atoms with Gasteiger partial charge in [0.25, 0.3) is 0 Å². The van der Waals surface area contributed by atoms with Gasteiger partial charge in [0.15, 0.2) is 18.5 Å². The molecule has 0 bridgehead atoms. The van der Waals surface area contributed by atoms with Crippen LogP contribution in [-0.4, -0.2) is 68.9 Å². The summed E-state index contributed by atoms with van der Waals surface area (Å²) in [4.78, 5) is 78.9. The summed E-state index contributed by atoms with van der Waals surface area (Å²) in [5, 5.41) is 10.2. The second kappa shape index (κ2) is 14.9. The number of fused-ring (bicyclic) bond motifs is 1. The van der Waals surface area contributed by atoms with E-state index in [0.717, 1.165) is 10.9 Å². The molecule has 0 radical (unpaired) electrons. The summed E-state index contributed by atoms with van der Waals surface area (Å²) in [5.74, 6) is -3.93. The van der Waals surface area contributed by atoms with Crippen LogP contribution in [0.15, 0.2) is 134 Å². The first-order valence-electron chi connectivity index (χ1n) is 16.7. The van der Waals surface area contributed by atoms with Crippen molar-refractivity contribution in [3.8, 4) is 6.07 Å². The average molecular weight is 736 g/mol. The Morgan fingerprint density at radius 3 is 1.75 bits per heavy atom. The normalized spacial score (nSPS) is 20.2. The first-order valence-corrected chi connectivity index (χ1v) is 16.7. The number of hydrogen-bond donors (Lipinski definition) is 1. The lowest BCUT2D eigenvalue weighted by molar-refractivity contribution is -0.173. The van der Waals surface area contributed by atoms with Crippen molar-refractivity contribution in [1.82, 2.24) is 14.5 Å².